The minimum atomic E-state index is -0.627. The second-order valence-corrected chi connectivity index (χ2v) is 17.5. The number of hydrogen-bond acceptors (Lipinski definition) is 8. The fourth-order valence-corrected chi connectivity index (χ4v) is 11.0. The molecule has 5 saturated heterocycles. The molecule has 3 aromatic carbocycles. The molecule has 296 valence electrons. The Balaban J connectivity index is 0.728. The van der Waals surface area contributed by atoms with Gasteiger partial charge in [-0.3, -0.25) is 19.7 Å². The van der Waals surface area contributed by atoms with Gasteiger partial charge in [-0.15, -0.1) is 0 Å². The third-order valence-corrected chi connectivity index (χ3v) is 14.2. The van der Waals surface area contributed by atoms with Crippen molar-refractivity contribution in [2.75, 3.05) is 50.8 Å². The number of carbonyl (C=O) groups is 3. The number of nitrogens with zero attached hydrogens (tertiary/aromatic N) is 3. The molecule has 0 bridgehead atoms. The molecule has 0 radical (unpaired) electrons. The van der Waals surface area contributed by atoms with Crippen LogP contribution < -0.4 is 10.2 Å². The largest absolute Gasteiger partial charge is 0.508 e. The van der Waals surface area contributed by atoms with Crippen LogP contribution in [0.3, 0.4) is 0 Å². The fourth-order valence-electron chi connectivity index (χ4n) is 11.0. The summed E-state index contributed by atoms with van der Waals surface area (Å²) in [5, 5.41) is 12.6. The molecule has 0 aromatic heterocycles. The number of rotatable bonds is 6. The van der Waals surface area contributed by atoms with E-state index in [1.807, 2.05) is 24.3 Å². The number of phenols is 1. The molecule has 2 aliphatic carbocycles. The summed E-state index contributed by atoms with van der Waals surface area (Å²) in [6, 6.07) is 25.6. The Hall–Kier alpha value is -4.77. The zero-order chi connectivity index (χ0) is 38.7. The predicted molar refractivity (Wildman–Crippen MR) is 216 cm³/mol. The van der Waals surface area contributed by atoms with Crippen LogP contribution in [0.1, 0.15) is 79.0 Å². The average Bonchev–Trinajstić information content (AvgIpc) is 3.55. The van der Waals surface area contributed by atoms with E-state index in [4.69, 9.17) is 9.47 Å². The van der Waals surface area contributed by atoms with Crippen LogP contribution >= 0.6 is 0 Å². The summed E-state index contributed by atoms with van der Waals surface area (Å²) >= 11 is 0. The summed E-state index contributed by atoms with van der Waals surface area (Å²) in [6.07, 6.45) is 10.7. The average molecular weight is 769 g/mol. The van der Waals surface area contributed by atoms with E-state index in [9.17, 15) is 19.5 Å². The van der Waals surface area contributed by atoms with E-state index in [1.54, 1.807) is 4.90 Å². The number of phenolic OH excluding ortho intramolecular Hbond substituents is 1. The second-order valence-electron chi connectivity index (χ2n) is 17.5. The van der Waals surface area contributed by atoms with Gasteiger partial charge in [-0.2, -0.15) is 0 Å². The molecule has 1 spiro atoms. The van der Waals surface area contributed by atoms with E-state index in [2.05, 4.69) is 75.8 Å². The van der Waals surface area contributed by atoms with Crippen molar-refractivity contribution in [1.82, 2.24) is 15.1 Å². The molecule has 0 saturated carbocycles. The maximum absolute atomic E-state index is 13.3. The summed E-state index contributed by atoms with van der Waals surface area (Å²) < 4.78 is 12.9. The van der Waals surface area contributed by atoms with Crippen LogP contribution in [0, 0.1) is 5.41 Å². The van der Waals surface area contributed by atoms with Gasteiger partial charge in [0.05, 0.1) is 12.7 Å². The molecule has 10 nitrogen and oxygen atoms in total. The number of aryl methyl sites for hydroxylation is 1. The zero-order valence-electron chi connectivity index (χ0n) is 32.5. The number of carbonyl (C=O) groups excluding carboxylic acids is 3. The molecule has 10 heteroatoms. The van der Waals surface area contributed by atoms with Crippen LogP contribution in [0.25, 0.3) is 0 Å². The summed E-state index contributed by atoms with van der Waals surface area (Å²) in [4.78, 5) is 44.2. The minimum absolute atomic E-state index is 0.0440. The molecule has 3 aromatic rings. The van der Waals surface area contributed by atoms with Crippen molar-refractivity contribution in [3.63, 3.8) is 0 Å². The lowest BCUT2D eigenvalue weighted by Crippen LogP contribution is -2.52. The van der Waals surface area contributed by atoms with Gasteiger partial charge in [0.2, 0.25) is 11.8 Å². The number of amides is 3. The molecule has 2 unspecified atom stereocenters. The molecular weight excluding hydrogens is 717 g/mol. The molecule has 7 aliphatic rings. The number of anilines is 1. The maximum atomic E-state index is 13.3. The molecular formula is C47H52N4O6. The van der Waals surface area contributed by atoms with Crippen LogP contribution in [0.15, 0.2) is 96.1 Å². The van der Waals surface area contributed by atoms with E-state index in [1.165, 1.54) is 53.6 Å². The van der Waals surface area contributed by atoms with Crippen molar-refractivity contribution >= 4 is 23.4 Å². The Morgan fingerprint density at radius 1 is 0.807 bits per heavy atom. The maximum Gasteiger partial charge on any atom is 0.254 e. The molecule has 5 heterocycles. The summed E-state index contributed by atoms with van der Waals surface area (Å²) in [5.41, 5.74) is 8.50. The SMILES string of the molecule is O=C1CC[C@H](N2CC3=CC4O[C@@H](CN5CCC6(CC5)CCN(c5ccc([C@@H]7c8ccc(O)cc8CC[C@@H]7c7ccccc7)cc5)CC6)COC4C=C3C2=O)C(=O)N1. The number of fused-ring (bicyclic) bond motifs is 3. The highest BCUT2D eigenvalue weighted by Gasteiger charge is 2.45. The van der Waals surface area contributed by atoms with Gasteiger partial charge in [0.1, 0.15) is 24.0 Å². The van der Waals surface area contributed by atoms with Gasteiger partial charge < -0.3 is 29.3 Å². The number of aromatic hydroxyl groups is 1. The fraction of sp³-hybridized carbons (Fsp3) is 0.468. The lowest BCUT2D eigenvalue weighted by Gasteiger charge is -2.48. The summed E-state index contributed by atoms with van der Waals surface area (Å²) in [7, 11) is 0. The van der Waals surface area contributed by atoms with Gasteiger partial charge in [0.25, 0.3) is 5.91 Å². The minimum Gasteiger partial charge on any atom is -0.508 e. The number of likely N-dealkylation sites (tertiary alicyclic amines) is 2. The van der Waals surface area contributed by atoms with Gasteiger partial charge in [-0.05, 0) is 134 Å². The zero-order valence-corrected chi connectivity index (χ0v) is 32.5. The molecule has 5 aliphatic heterocycles. The Morgan fingerprint density at radius 3 is 2.35 bits per heavy atom. The quantitative estimate of drug-likeness (QED) is 0.312. The van der Waals surface area contributed by atoms with E-state index in [-0.39, 0.29) is 42.5 Å². The van der Waals surface area contributed by atoms with Crippen molar-refractivity contribution < 1.29 is 29.0 Å². The van der Waals surface area contributed by atoms with E-state index in [0.717, 1.165) is 51.1 Å². The second kappa shape index (κ2) is 14.9. The molecule has 3 amide bonds. The molecule has 2 N–H and O–H groups in total. The standard InChI is InChI=1S/C47H52N4O6/c52-35-11-13-38-32(24-35)8-12-37(30-4-2-1-3-5-30)44(38)31-6-9-34(10-7-31)50-22-18-47(19-23-50)16-20-49(21-17-47)28-36-29-56-41-26-39-33(25-42(41)57-36)27-51(46(39)55)40-14-15-43(53)48-45(40)54/h1-7,9-11,13,24-26,36-37,40-42,44,52H,8,12,14-23,27-29H2,(H,48,53,54)/t36-,37+,40-,41?,42?,44-/m0/s1. The number of hydrogen-bond donors (Lipinski definition) is 2. The van der Waals surface area contributed by atoms with E-state index >= 15 is 0 Å². The summed E-state index contributed by atoms with van der Waals surface area (Å²) in [6.45, 7) is 5.94. The van der Waals surface area contributed by atoms with Crippen molar-refractivity contribution in [3.8, 4) is 5.75 Å². The third kappa shape index (κ3) is 6.99. The summed E-state index contributed by atoms with van der Waals surface area (Å²) in [5.74, 6) is 0.152. The highest BCUT2D eigenvalue weighted by Crippen LogP contribution is 2.48. The van der Waals surface area contributed by atoms with E-state index < -0.39 is 11.9 Å². The van der Waals surface area contributed by atoms with Crippen molar-refractivity contribution in [3.05, 3.63) is 118 Å². The Kier molecular flexibility index (Phi) is 9.54. The first-order valence-electron chi connectivity index (χ1n) is 21.1. The topological polar surface area (TPSA) is 112 Å². The lowest BCUT2D eigenvalue weighted by atomic mass is 9.69. The Morgan fingerprint density at radius 2 is 1.58 bits per heavy atom. The lowest BCUT2D eigenvalue weighted by molar-refractivity contribution is -0.156. The first-order valence-corrected chi connectivity index (χ1v) is 21.1. The number of piperidine rings is 3. The van der Waals surface area contributed by atoms with Crippen molar-refractivity contribution in [2.45, 2.75) is 87.6 Å². The van der Waals surface area contributed by atoms with Gasteiger partial charge in [-0.25, -0.2) is 0 Å². The van der Waals surface area contributed by atoms with Gasteiger partial charge >= 0.3 is 0 Å². The number of benzene rings is 3. The first-order chi connectivity index (χ1) is 27.8. The smallest absolute Gasteiger partial charge is 0.254 e. The Bertz CT molecular complexity index is 2100. The first kappa shape index (κ1) is 36.6. The third-order valence-electron chi connectivity index (χ3n) is 14.2. The van der Waals surface area contributed by atoms with Crippen LogP contribution in [0.5, 0.6) is 5.75 Å². The van der Waals surface area contributed by atoms with Crippen molar-refractivity contribution in [1.29, 1.82) is 0 Å². The molecule has 10 rings (SSSR count). The van der Waals surface area contributed by atoms with Crippen LogP contribution in [0.2, 0.25) is 0 Å². The monoisotopic (exact) mass is 768 g/mol. The number of nitrogens with one attached hydrogen (secondary N) is 1. The highest BCUT2D eigenvalue weighted by atomic mass is 16.6. The number of imide groups is 1. The molecule has 5 fully saturated rings. The van der Waals surface area contributed by atoms with Gasteiger partial charge in [0, 0.05) is 49.8 Å². The van der Waals surface area contributed by atoms with E-state index in [0.29, 0.717) is 42.2 Å². The van der Waals surface area contributed by atoms with Gasteiger partial charge in [0.15, 0.2) is 0 Å². The normalized spacial score (nSPS) is 29.9. The van der Waals surface area contributed by atoms with Crippen LogP contribution in [-0.2, 0) is 30.3 Å². The van der Waals surface area contributed by atoms with Crippen LogP contribution in [-0.4, -0.2) is 103 Å². The van der Waals surface area contributed by atoms with Crippen LogP contribution in [0.4, 0.5) is 5.69 Å². The van der Waals surface area contributed by atoms with Gasteiger partial charge in [-0.1, -0.05) is 48.5 Å². The molecule has 6 atom stereocenters. The predicted octanol–water partition coefficient (Wildman–Crippen LogP) is 5.60. The van der Waals surface area contributed by atoms with Crippen molar-refractivity contribution in [2.24, 2.45) is 5.41 Å². The molecule has 57 heavy (non-hydrogen) atoms. The highest BCUT2D eigenvalue weighted by molar-refractivity contribution is 6.07. The number of ether oxygens (including phenoxy) is 2. The Labute approximate surface area is 334 Å².